The van der Waals surface area contributed by atoms with Gasteiger partial charge in [-0.3, -0.25) is 14.2 Å². The first-order valence-corrected chi connectivity index (χ1v) is 12.4. The zero-order valence-corrected chi connectivity index (χ0v) is 21.2. The highest BCUT2D eigenvalue weighted by Gasteiger charge is 2.33. The van der Waals surface area contributed by atoms with Gasteiger partial charge in [0.25, 0.3) is 0 Å². The van der Waals surface area contributed by atoms with Gasteiger partial charge < -0.3 is 20.6 Å². The molecule has 37 heavy (non-hydrogen) atoms. The van der Waals surface area contributed by atoms with Crippen LogP contribution in [0.3, 0.4) is 0 Å². The number of hydrogen-bond acceptors (Lipinski definition) is 7. The number of aliphatic carboxylic acids is 1. The Kier molecular flexibility index (Phi) is 6.96. The number of anilines is 1. The van der Waals surface area contributed by atoms with Crippen molar-refractivity contribution in [2.45, 2.75) is 19.0 Å². The van der Waals surface area contributed by atoms with Crippen molar-refractivity contribution in [3.8, 4) is 17.1 Å². The summed E-state index contributed by atoms with van der Waals surface area (Å²) in [7, 11) is 0. The van der Waals surface area contributed by atoms with Crippen LogP contribution in [0.5, 0.6) is 0 Å². The van der Waals surface area contributed by atoms with E-state index in [1.54, 1.807) is 18.2 Å². The molecule has 1 saturated heterocycles. The second-order valence-electron chi connectivity index (χ2n) is 8.58. The van der Waals surface area contributed by atoms with Gasteiger partial charge in [-0.15, -0.1) is 0 Å². The van der Waals surface area contributed by atoms with Crippen molar-refractivity contribution in [2.24, 2.45) is 0 Å². The molecule has 12 heteroatoms. The van der Waals surface area contributed by atoms with Gasteiger partial charge in [0.05, 0.1) is 5.02 Å². The molecule has 3 heterocycles. The van der Waals surface area contributed by atoms with Crippen LogP contribution in [0, 0.1) is 0 Å². The summed E-state index contributed by atoms with van der Waals surface area (Å²) < 4.78 is 1.88. The molecule has 0 bridgehead atoms. The van der Waals surface area contributed by atoms with Gasteiger partial charge in [-0.05, 0) is 43.3 Å². The minimum Gasteiger partial charge on any atom is -0.480 e. The summed E-state index contributed by atoms with van der Waals surface area (Å²) in [6.45, 7) is 2.81. The van der Waals surface area contributed by atoms with Gasteiger partial charge >= 0.3 is 5.97 Å². The molecule has 0 aliphatic carbocycles. The number of piperazine rings is 1. The molecule has 0 spiro atoms. The van der Waals surface area contributed by atoms with E-state index >= 15 is 0 Å². The molecule has 1 amide bonds. The van der Waals surface area contributed by atoms with Gasteiger partial charge in [0.1, 0.15) is 24.2 Å². The van der Waals surface area contributed by atoms with Crippen molar-refractivity contribution >= 4 is 52.1 Å². The van der Waals surface area contributed by atoms with Crippen LogP contribution >= 0.6 is 23.2 Å². The predicted octanol–water partition coefficient (Wildman–Crippen LogP) is 3.16. The summed E-state index contributed by atoms with van der Waals surface area (Å²) in [4.78, 5) is 40.2. The normalized spacial score (nSPS) is 16.5. The minimum absolute atomic E-state index is 0.318. The van der Waals surface area contributed by atoms with E-state index in [9.17, 15) is 14.7 Å². The fraction of sp³-hybridized carbons (Fsp3) is 0.240. The van der Waals surface area contributed by atoms with Crippen LogP contribution in [-0.4, -0.2) is 68.2 Å². The lowest BCUT2D eigenvalue weighted by molar-refractivity contribution is -0.141. The number of halogens is 2. The Morgan fingerprint density at radius 2 is 1.89 bits per heavy atom. The molecule has 4 aromatic rings. The van der Waals surface area contributed by atoms with Gasteiger partial charge in [-0.25, -0.2) is 15.0 Å². The van der Waals surface area contributed by atoms with E-state index in [2.05, 4.69) is 20.6 Å². The minimum atomic E-state index is -1.11. The fourth-order valence-corrected chi connectivity index (χ4v) is 4.66. The standard InChI is InChI=1S/C25H23Cl2N7O3/c1-14(25(36)37)31-24(35)19-12-28-10-11-33(19)22-20-23(30-13-29-22)34(16-8-6-15(26)7-9-16)21(32-20)17-4-2-3-5-18(17)27/h2-9,13-14,19,28H,10-12H2,1H3,(H,31,35)(H,36,37). The van der Waals surface area contributed by atoms with Crippen LogP contribution in [0.25, 0.3) is 28.2 Å². The summed E-state index contributed by atoms with van der Waals surface area (Å²) in [6, 6.07) is 12.9. The maximum Gasteiger partial charge on any atom is 0.325 e. The summed E-state index contributed by atoms with van der Waals surface area (Å²) in [5, 5.41) is 16.1. The van der Waals surface area contributed by atoms with Crippen LogP contribution in [-0.2, 0) is 9.59 Å². The number of rotatable bonds is 6. The second kappa shape index (κ2) is 10.3. The largest absolute Gasteiger partial charge is 0.480 e. The van der Waals surface area contributed by atoms with Crippen molar-refractivity contribution < 1.29 is 14.7 Å². The van der Waals surface area contributed by atoms with Crippen molar-refractivity contribution in [3.63, 3.8) is 0 Å². The molecule has 2 atom stereocenters. The molecule has 2 aromatic heterocycles. The number of nitrogens with one attached hydrogen (secondary N) is 2. The number of hydrogen-bond donors (Lipinski definition) is 3. The predicted molar refractivity (Wildman–Crippen MR) is 141 cm³/mol. The second-order valence-corrected chi connectivity index (χ2v) is 9.42. The van der Waals surface area contributed by atoms with Crippen LogP contribution in [0.15, 0.2) is 54.9 Å². The van der Waals surface area contributed by atoms with Gasteiger partial charge in [-0.1, -0.05) is 35.3 Å². The summed E-state index contributed by atoms with van der Waals surface area (Å²) in [5.41, 5.74) is 2.49. The molecule has 5 rings (SSSR count). The molecule has 1 aliphatic rings. The lowest BCUT2D eigenvalue weighted by Crippen LogP contribution is -2.60. The van der Waals surface area contributed by atoms with Gasteiger partial charge in [-0.2, -0.15) is 0 Å². The molecule has 2 unspecified atom stereocenters. The third-order valence-corrected chi connectivity index (χ3v) is 6.75. The molecular formula is C25H23Cl2N7O3. The maximum absolute atomic E-state index is 13.1. The topological polar surface area (TPSA) is 125 Å². The third kappa shape index (κ3) is 4.83. The average molecular weight is 540 g/mol. The van der Waals surface area contributed by atoms with Crippen LogP contribution in [0.2, 0.25) is 10.0 Å². The molecule has 190 valence electrons. The van der Waals surface area contributed by atoms with Gasteiger partial charge in [0, 0.05) is 35.9 Å². The van der Waals surface area contributed by atoms with Crippen molar-refractivity contribution in [2.75, 3.05) is 24.5 Å². The number of carboxylic acids is 1. The number of carboxylic acid groups (broad SMARTS) is 1. The number of carbonyl (C=O) groups is 2. The molecular weight excluding hydrogens is 517 g/mol. The molecule has 1 fully saturated rings. The number of nitrogens with zero attached hydrogens (tertiary/aromatic N) is 5. The van der Waals surface area contributed by atoms with E-state index in [4.69, 9.17) is 28.2 Å². The van der Waals surface area contributed by atoms with Gasteiger partial charge in [0.15, 0.2) is 17.0 Å². The molecule has 0 saturated carbocycles. The van der Waals surface area contributed by atoms with E-state index < -0.39 is 24.0 Å². The lowest BCUT2D eigenvalue weighted by atomic mass is 10.1. The molecule has 3 N–H and O–H groups in total. The summed E-state index contributed by atoms with van der Waals surface area (Å²) >= 11 is 12.7. The summed E-state index contributed by atoms with van der Waals surface area (Å²) in [5.74, 6) is -0.507. The van der Waals surface area contributed by atoms with E-state index in [0.717, 1.165) is 5.69 Å². The van der Waals surface area contributed by atoms with Crippen molar-refractivity contribution in [3.05, 3.63) is 64.9 Å². The lowest BCUT2D eigenvalue weighted by Gasteiger charge is -2.36. The molecule has 0 radical (unpaired) electrons. The Bertz CT molecular complexity index is 1480. The zero-order chi connectivity index (χ0) is 26.1. The first kappa shape index (κ1) is 24.9. The highest BCUT2D eigenvalue weighted by Crippen LogP contribution is 2.35. The van der Waals surface area contributed by atoms with Crippen LogP contribution in [0.1, 0.15) is 6.92 Å². The first-order valence-electron chi connectivity index (χ1n) is 11.6. The Hall–Kier alpha value is -3.73. The van der Waals surface area contributed by atoms with E-state index in [-0.39, 0.29) is 0 Å². The van der Waals surface area contributed by atoms with E-state index in [1.165, 1.54) is 13.3 Å². The molecule has 2 aromatic carbocycles. The molecule has 10 nitrogen and oxygen atoms in total. The number of fused-ring (bicyclic) bond motifs is 1. The fourth-order valence-electron chi connectivity index (χ4n) is 4.31. The first-order chi connectivity index (χ1) is 17.8. The highest BCUT2D eigenvalue weighted by molar-refractivity contribution is 6.33. The van der Waals surface area contributed by atoms with Crippen molar-refractivity contribution in [1.82, 2.24) is 30.2 Å². The smallest absolute Gasteiger partial charge is 0.325 e. The number of benzene rings is 2. The SMILES string of the molecule is CC(NC(=O)C1CNCCN1c1ncnc2c1nc(-c1ccccc1Cl)n2-c1ccc(Cl)cc1)C(=O)O. The number of aromatic nitrogens is 4. The Morgan fingerprint density at radius 3 is 2.62 bits per heavy atom. The van der Waals surface area contributed by atoms with Crippen molar-refractivity contribution in [1.29, 1.82) is 0 Å². The number of amides is 1. The van der Waals surface area contributed by atoms with E-state index in [0.29, 0.717) is 58.0 Å². The van der Waals surface area contributed by atoms with Crippen LogP contribution in [0.4, 0.5) is 5.82 Å². The van der Waals surface area contributed by atoms with E-state index in [1.807, 2.05) is 39.8 Å². The Labute approximate surface area is 222 Å². The Balaban J connectivity index is 1.67. The average Bonchev–Trinajstić information content (AvgIpc) is 3.29. The quantitative estimate of drug-likeness (QED) is 0.341. The van der Waals surface area contributed by atoms with Gasteiger partial charge in [0.2, 0.25) is 5.91 Å². The van der Waals surface area contributed by atoms with Crippen LogP contribution < -0.4 is 15.5 Å². The molecule has 1 aliphatic heterocycles. The Morgan fingerprint density at radius 1 is 1.14 bits per heavy atom. The highest BCUT2D eigenvalue weighted by atomic mass is 35.5. The maximum atomic E-state index is 13.1. The monoisotopic (exact) mass is 539 g/mol. The zero-order valence-electron chi connectivity index (χ0n) is 19.7. The number of imidazole rings is 1. The third-order valence-electron chi connectivity index (χ3n) is 6.17. The number of carbonyl (C=O) groups excluding carboxylic acids is 1. The summed E-state index contributed by atoms with van der Waals surface area (Å²) in [6.07, 6.45) is 1.43.